The molecule has 0 fully saturated rings. The van der Waals surface area contributed by atoms with E-state index >= 15 is 0 Å². The van der Waals surface area contributed by atoms with E-state index in [4.69, 9.17) is 4.98 Å². The van der Waals surface area contributed by atoms with Crippen molar-refractivity contribution in [2.45, 2.75) is 25.1 Å². The number of aryl methyl sites for hydroxylation is 1. The predicted octanol–water partition coefficient (Wildman–Crippen LogP) is 5.06. The average Bonchev–Trinajstić information content (AvgIpc) is 3.33. The molecule has 0 saturated carbocycles. The lowest BCUT2D eigenvalue weighted by Crippen LogP contribution is -2.28. The second kappa shape index (κ2) is 11.7. The summed E-state index contributed by atoms with van der Waals surface area (Å²) in [6.45, 7) is 0.583. The van der Waals surface area contributed by atoms with Gasteiger partial charge in [0.15, 0.2) is 5.75 Å². The van der Waals surface area contributed by atoms with Crippen molar-refractivity contribution in [1.82, 2.24) is 20.3 Å². The fourth-order valence-electron chi connectivity index (χ4n) is 4.38. The van der Waals surface area contributed by atoms with Crippen LogP contribution in [-0.2, 0) is 11.2 Å². The zero-order chi connectivity index (χ0) is 29.1. The molecule has 212 valence electrons. The Kier molecular flexibility index (Phi) is 8.10. The summed E-state index contributed by atoms with van der Waals surface area (Å²) in [6.07, 6.45) is -3.41. The molecule has 0 aliphatic rings. The third-order valence-corrected chi connectivity index (χ3v) is 7.16. The maximum absolute atomic E-state index is 13.9. The number of carbonyl (C=O) groups excluding carboxylic acids is 1. The minimum Gasteiger partial charge on any atom is -0.418 e. The Morgan fingerprint density at radius 2 is 1.98 bits per heavy atom. The molecular weight excluding hydrogens is 564 g/mol. The Morgan fingerprint density at radius 3 is 2.76 bits per heavy atom. The first kappa shape index (κ1) is 28.3. The molecule has 0 amide bonds. The lowest BCUT2D eigenvalue weighted by Gasteiger charge is -2.15. The van der Waals surface area contributed by atoms with Gasteiger partial charge < -0.3 is 20.1 Å². The minimum absolute atomic E-state index is 0.0898. The number of nitrogens with one attached hydrogen (secondary N) is 2. The van der Waals surface area contributed by atoms with Gasteiger partial charge in [-0.2, -0.15) is 13.2 Å². The van der Waals surface area contributed by atoms with Gasteiger partial charge in [-0.05, 0) is 49.7 Å². The number of benzene rings is 2. The van der Waals surface area contributed by atoms with Crippen molar-refractivity contribution < 1.29 is 32.2 Å². The van der Waals surface area contributed by atoms with Gasteiger partial charge in [-0.15, -0.1) is 0 Å². The number of hydrogen-bond donors (Lipinski definition) is 3. The number of rotatable bonds is 9. The zero-order valence-electron chi connectivity index (χ0n) is 21.2. The van der Waals surface area contributed by atoms with E-state index < -0.39 is 28.9 Å². The number of carbonyl (C=O) groups is 1. The van der Waals surface area contributed by atoms with Crippen LogP contribution in [0.3, 0.4) is 0 Å². The van der Waals surface area contributed by atoms with E-state index in [1.165, 1.54) is 18.2 Å². The molecule has 0 aliphatic heterocycles. The number of aromatic amines is 1. The van der Waals surface area contributed by atoms with Crippen molar-refractivity contribution in [2.75, 3.05) is 13.1 Å². The summed E-state index contributed by atoms with van der Waals surface area (Å²) in [4.78, 5) is 34.1. The van der Waals surface area contributed by atoms with Gasteiger partial charge in [-0.3, -0.25) is 14.8 Å². The average molecular weight is 587 g/mol. The number of fused-ring (bicyclic) bond motifs is 2. The summed E-state index contributed by atoms with van der Waals surface area (Å²) < 4.78 is 56.4. The van der Waals surface area contributed by atoms with Crippen molar-refractivity contribution in [2.24, 2.45) is 0 Å². The first-order valence-electron chi connectivity index (χ1n) is 12.4. The van der Waals surface area contributed by atoms with E-state index in [1.807, 2.05) is 18.2 Å². The van der Waals surface area contributed by atoms with Crippen LogP contribution in [0.4, 0.5) is 17.6 Å². The van der Waals surface area contributed by atoms with Crippen molar-refractivity contribution in [1.29, 1.82) is 0 Å². The van der Waals surface area contributed by atoms with E-state index in [1.54, 1.807) is 18.3 Å². The largest absolute Gasteiger partial charge is 0.491 e. The van der Waals surface area contributed by atoms with Gasteiger partial charge in [0.2, 0.25) is 0 Å². The maximum Gasteiger partial charge on any atom is 0.491 e. The van der Waals surface area contributed by atoms with Gasteiger partial charge in [0.1, 0.15) is 11.3 Å². The zero-order valence-corrected chi connectivity index (χ0v) is 22.0. The van der Waals surface area contributed by atoms with Gasteiger partial charge in [-0.1, -0.05) is 35.6 Å². The summed E-state index contributed by atoms with van der Waals surface area (Å²) in [6, 6.07) is 14.2. The van der Waals surface area contributed by atoms with E-state index in [0.29, 0.717) is 53.1 Å². The number of halogens is 4. The number of ether oxygens (including phenoxy) is 1. The highest BCUT2D eigenvalue weighted by Gasteiger charge is 2.41. The van der Waals surface area contributed by atoms with E-state index in [2.05, 4.69) is 20.0 Å². The Balaban J connectivity index is 1.24. The lowest BCUT2D eigenvalue weighted by molar-refractivity contribution is -0.189. The smallest absolute Gasteiger partial charge is 0.418 e. The van der Waals surface area contributed by atoms with E-state index in [0.717, 1.165) is 17.1 Å². The lowest BCUT2D eigenvalue weighted by atomic mass is 10.1. The predicted molar refractivity (Wildman–Crippen MR) is 145 cm³/mol. The first-order valence-corrected chi connectivity index (χ1v) is 13.3. The minimum atomic E-state index is -5.20. The summed E-state index contributed by atoms with van der Waals surface area (Å²) in [5, 5.41) is 14.7. The van der Waals surface area contributed by atoms with Crippen molar-refractivity contribution >= 4 is 38.4 Å². The van der Waals surface area contributed by atoms with Gasteiger partial charge in [0.25, 0.3) is 0 Å². The van der Waals surface area contributed by atoms with Gasteiger partial charge in [-0.25, -0.2) is 9.18 Å². The number of aliphatic hydroxyl groups is 1. The second-order valence-electron chi connectivity index (χ2n) is 9.13. The van der Waals surface area contributed by atoms with Crippen LogP contribution in [0.25, 0.3) is 32.4 Å². The molecule has 13 heteroatoms. The van der Waals surface area contributed by atoms with Crippen molar-refractivity contribution in [3.8, 4) is 17.0 Å². The van der Waals surface area contributed by atoms with Crippen LogP contribution in [0.2, 0.25) is 0 Å². The normalized spacial score (nSPS) is 12.6. The number of aromatic nitrogens is 3. The Bertz CT molecular complexity index is 1790. The van der Waals surface area contributed by atoms with Gasteiger partial charge in [0.05, 0.1) is 22.0 Å². The Hall–Kier alpha value is -4.20. The molecule has 3 aromatic heterocycles. The number of H-pyrrole nitrogens is 1. The fourth-order valence-corrected chi connectivity index (χ4v) is 5.30. The van der Waals surface area contributed by atoms with Gasteiger partial charge in [0, 0.05) is 34.9 Å². The SMILES string of the molecule is O=C(Oc1ccc([C@@H](O)CNCCCc2cc3cccnc3c(-c3cccc(F)c3)n2)c2sc(=O)[nH]c12)C(F)(F)F. The Labute approximate surface area is 233 Å². The number of nitrogens with zero attached hydrogens (tertiary/aromatic N) is 2. The highest BCUT2D eigenvalue weighted by Crippen LogP contribution is 2.33. The molecule has 41 heavy (non-hydrogen) atoms. The first-order chi connectivity index (χ1) is 19.6. The standard InChI is InChI=1S/C28H22F4N4O4S/c29-17-6-1-4-15(12-17)23-22-16(5-2-11-34-22)13-18(35-23)7-3-10-33-14-20(37)19-8-9-21(40-26(38)28(30,31)32)24-25(19)41-27(39)36-24/h1-2,4-6,8-9,11-13,20,33,37H,3,7,10,14H2,(H,36,39)/t20-/m0/s1. The highest BCUT2D eigenvalue weighted by molar-refractivity contribution is 7.16. The second-order valence-corrected chi connectivity index (χ2v) is 10.1. The van der Waals surface area contributed by atoms with Crippen LogP contribution in [0, 0.1) is 5.82 Å². The van der Waals surface area contributed by atoms with E-state index in [-0.39, 0.29) is 22.6 Å². The summed E-state index contributed by atoms with van der Waals surface area (Å²) in [5.74, 6) is -3.25. The van der Waals surface area contributed by atoms with Crippen molar-refractivity contribution in [3.05, 3.63) is 87.5 Å². The molecule has 3 heterocycles. The maximum atomic E-state index is 13.9. The Morgan fingerprint density at radius 1 is 1.15 bits per heavy atom. The molecule has 5 aromatic rings. The molecule has 2 aromatic carbocycles. The molecule has 0 bridgehead atoms. The topological polar surface area (TPSA) is 117 Å². The molecule has 0 spiro atoms. The van der Waals surface area contributed by atoms with Crippen LogP contribution in [-0.4, -0.2) is 45.3 Å². The molecule has 0 radical (unpaired) electrons. The van der Waals surface area contributed by atoms with Crippen LogP contribution in [0.15, 0.2) is 65.6 Å². The van der Waals surface area contributed by atoms with Crippen molar-refractivity contribution in [3.63, 3.8) is 0 Å². The molecule has 3 N–H and O–H groups in total. The number of thiazole rings is 1. The number of hydrogen-bond acceptors (Lipinski definition) is 8. The summed E-state index contributed by atoms with van der Waals surface area (Å²) in [5.41, 5.74) is 2.86. The van der Waals surface area contributed by atoms with Crippen LogP contribution in [0.1, 0.15) is 23.8 Å². The number of alkyl halides is 3. The quantitative estimate of drug-likeness (QED) is 0.0957. The molecule has 0 aliphatic carbocycles. The molecule has 5 rings (SSSR count). The van der Waals surface area contributed by atoms with E-state index in [9.17, 15) is 32.3 Å². The fraction of sp³-hybridized carbons (Fsp3) is 0.214. The summed E-state index contributed by atoms with van der Waals surface area (Å²) in [7, 11) is 0. The van der Waals surface area contributed by atoms with Crippen LogP contribution in [0.5, 0.6) is 5.75 Å². The summed E-state index contributed by atoms with van der Waals surface area (Å²) >= 11 is 0.690. The number of esters is 1. The highest BCUT2D eigenvalue weighted by atomic mass is 32.1. The van der Waals surface area contributed by atoms with Crippen LogP contribution >= 0.6 is 11.3 Å². The van der Waals surface area contributed by atoms with Gasteiger partial charge >= 0.3 is 17.0 Å². The molecular formula is C28H22F4N4O4S. The molecule has 1 atom stereocenters. The third-order valence-electron chi connectivity index (χ3n) is 6.23. The van der Waals surface area contributed by atoms with Crippen LogP contribution < -0.4 is 14.9 Å². The number of aliphatic hydroxyl groups excluding tert-OH is 1. The third kappa shape index (κ3) is 6.42. The monoisotopic (exact) mass is 586 g/mol. The molecule has 0 unspecified atom stereocenters. The molecule has 0 saturated heterocycles. The number of pyridine rings is 2. The molecule has 8 nitrogen and oxygen atoms in total.